The first-order chi connectivity index (χ1) is 11.7. The van der Waals surface area contributed by atoms with Gasteiger partial charge in [-0.3, -0.25) is 10.2 Å². The van der Waals surface area contributed by atoms with E-state index in [0.29, 0.717) is 17.8 Å². The molecular formula is C18H19ClN4O. The number of amidine groups is 1. The second-order valence-corrected chi connectivity index (χ2v) is 7.40. The maximum absolute atomic E-state index is 6.29. The fraction of sp³-hybridized carbons (Fsp3) is 0.444. The molecule has 24 heavy (non-hydrogen) atoms. The Bertz CT molecular complexity index is 831. The molecule has 124 valence electrons. The van der Waals surface area contributed by atoms with Crippen LogP contribution in [0.15, 0.2) is 35.5 Å². The molecule has 1 aromatic carbocycles. The van der Waals surface area contributed by atoms with Gasteiger partial charge in [0.1, 0.15) is 11.4 Å². The van der Waals surface area contributed by atoms with Crippen LogP contribution in [0.4, 0.5) is 5.82 Å². The normalized spacial score (nSPS) is 31.3. The van der Waals surface area contributed by atoms with E-state index in [0.717, 1.165) is 28.9 Å². The summed E-state index contributed by atoms with van der Waals surface area (Å²) >= 11 is 6.28. The number of aromatic nitrogens is 1. The average molecular weight is 343 g/mol. The van der Waals surface area contributed by atoms with Gasteiger partial charge in [0.15, 0.2) is 0 Å². The van der Waals surface area contributed by atoms with Crippen LogP contribution in [-0.4, -0.2) is 47.7 Å². The molecule has 6 heteroatoms. The minimum Gasteiger partial charge on any atom is -0.455 e. The van der Waals surface area contributed by atoms with Crippen LogP contribution in [0.2, 0.25) is 5.02 Å². The number of piperidine rings is 3. The van der Waals surface area contributed by atoms with Gasteiger partial charge in [0.25, 0.3) is 6.02 Å². The fourth-order valence-corrected chi connectivity index (χ4v) is 4.49. The predicted molar refractivity (Wildman–Crippen MR) is 95.7 cm³/mol. The van der Waals surface area contributed by atoms with Crippen LogP contribution in [0, 0.1) is 5.92 Å². The van der Waals surface area contributed by atoms with E-state index in [1.54, 1.807) is 0 Å². The second kappa shape index (κ2) is 5.33. The molecule has 0 amide bonds. The quantitative estimate of drug-likeness (QED) is 0.865. The van der Waals surface area contributed by atoms with Gasteiger partial charge in [-0.05, 0) is 38.1 Å². The average Bonchev–Trinajstić information content (AvgIpc) is 2.99. The molecule has 5 heterocycles. The zero-order chi connectivity index (χ0) is 16.1. The Kier molecular flexibility index (Phi) is 3.22. The molecule has 2 bridgehead atoms. The molecule has 1 N–H and O–H groups in total. The van der Waals surface area contributed by atoms with Crippen molar-refractivity contribution in [1.29, 1.82) is 0 Å². The van der Waals surface area contributed by atoms with E-state index < -0.39 is 0 Å². The number of rotatable bonds is 1. The van der Waals surface area contributed by atoms with E-state index >= 15 is 0 Å². The molecule has 1 atom stereocenters. The lowest BCUT2D eigenvalue weighted by molar-refractivity contribution is -0.0829. The summed E-state index contributed by atoms with van der Waals surface area (Å²) in [6.45, 7) is 4.13. The van der Waals surface area contributed by atoms with E-state index in [9.17, 15) is 0 Å². The van der Waals surface area contributed by atoms with Crippen molar-refractivity contribution in [3.63, 3.8) is 0 Å². The minimum atomic E-state index is -0.132. The summed E-state index contributed by atoms with van der Waals surface area (Å²) in [5.74, 6) is 1.33. The molecule has 4 aliphatic rings. The monoisotopic (exact) mass is 342 g/mol. The summed E-state index contributed by atoms with van der Waals surface area (Å²) in [6.07, 6.45) is 4.25. The summed E-state index contributed by atoms with van der Waals surface area (Å²) in [6, 6.07) is 8.36. The Morgan fingerprint density at radius 2 is 2.17 bits per heavy atom. The lowest BCUT2D eigenvalue weighted by Crippen LogP contribution is -2.61. The fourth-order valence-electron chi connectivity index (χ4n) is 4.26. The van der Waals surface area contributed by atoms with Gasteiger partial charge in [-0.2, -0.15) is 0 Å². The first-order valence-electron chi connectivity index (χ1n) is 8.49. The largest absolute Gasteiger partial charge is 0.455 e. The van der Waals surface area contributed by atoms with Gasteiger partial charge in [0.2, 0.25) is 0 Å². The molecule has 1 spiro atoms. The summed E-state index contributed by atoms with van der Waals surface area (Å²) in [5, 5.41) is 5.96. The maximum atomic E-state index is 6.29. The van der Waals surface area contributed by atoms with E-state index in [4.69, 9.17) is 16.3 Å². The number of fused-ring (bicyclic) bond motifs is 3. The Morgan fingerprint density at radius 1 is 1.29 bits per heavy atom. The Hall–Kier alpha value is -1.85. The molecule has 6 rings (SSSR count). The van der Waals surface area contributed by atoms with Gasteiger partial charge in [-0.15, -0.1) is 0 Å². The Morgan fingerprint density at radius 3 is 2.96 bits per heavy atom. The second-order valence-electron chi connectivity index (χ2n) is 6.99. The first kappa shape index (κ1) is 14.5. The summed E-state index contributed by atoms with van der Waals surface area (Å²) in [7, 11) is 0. The third-order valence-corrected chi connectivity index (χ3v) is 5.89. The number of anilines is 1. The smallest absolute Gasteiger partial charge is 0.291 e. The Balaban J connectivity index is 1.37. The highest BCUT2D eigenvalue weighted by Gasteiger charge is 2.51. The van der Waals surface area contributed by atoms with Crippen LogP contribution in [0.3, 0.4) is 0 Å². The van der Waals surface area contributed by atoms with Crippen molar-refractivity contribution < 1.29 is 4.74 Å². The summed E-state index contributed by atoms with van der Waals surface area (Å²) in [4.78, 5) is 11.6. The standard InChI is InChI=1S/C18H19ClN4O/c19-15-3-1-2-12-9-20-16(8-14(12)15)22-17-21-10-18(24-17)11-23-6-4-13(18)5-7-23/h1-3,8-9,13H,4-7,10-11H2,(H,20,21,22). The molecule has 3 saturated heterocycles. The van der Waals surface area contributed by atoms with Crippen LogP contribution in [0.1, 0.15) is 12.8 Å². The van der Waals surface area contributed by atoms with Crippen molar-refractivity contribution in [3.8, 4) is 0 Å². The van der Waals surface area contributed by atoms with Crippen molar-refractivity contribution >= 4 is 34.2 Å². The summed E-state index contributed by atoms with van der Waals surface area (Å²) in [5.41, 5.74) is -0.132. The van der Waals surface area contributed by atoms with Crippen LogP contribution in [-0.2, 0) is 4.74 Å². The van der Waals surface area contributed by atoms with Crippen molar-refractivity contribution in [1.82, 2.24) is 9.88 Å². The zero-order valence-electron chi connectivity index (χ0n) is 13.3. The predicted octanol–water partition coefficient (Wildman–Crippen LogP) is 3.15. The molecule has 1 aromatic heterocycles. The van der Waals surface area contributed by atoms with Gasteiger partial charge < -0.3 is 4.74 Å². The first-order valence-corrected chi connectivity index (χ1v) is 8.87. The molecule has 0 saturated carbocycles. The third-order valence-electron chi connectivity index (χ3n) is 5.56. The highest BCUT2D eigenvalue weighted by atomic mass is 35.5. The number of halogens is 1. The van der Waals surface area contributed by atoms with Crippen LogP contribution in [0.5, 0.6) is 0 Å². The maximum Gasteiger partial charge on any atom is 0.291 e. The number of ether oxygens (including phenoxy) is 1. The Labute approximate surface area is 145 Å². The van der Waals surface area contributed by atoms with Crippen molar-refractivity contribution in [2.24, 2.45) is 10.9 Å². The van der Waals surface area contributed by atoms with E-state index in [1.165, 1.54) is 25.9 Å². The number of hydrogen-bond donors (Lipinski definition) is 1. The number of nitrogens with zero attached hydrogens (tertiary/aromatic N) is 3. The molecule has 2 aromatic rings. The molecule has 0 aliphatic carbocycles. The molecule has 4 aliphatic heterocycles. The van der Waals surface area contributed by atoms with Gasteiger partial charge in [-0.25, -0.2) is 9.98 Å². The van der Waals surface area contributed by atoms with Crippen molar-refractivity contribution in [2.75, 3.05) is 31.5 Å². The number of pyridine rings is 1. The van der Waals surface area contributed by atoms with E-state index in [-0.39, 0.29) is 5.60 Å². The number of aliphatic imine (C=N–C) groups is 1. The molecule has 1 unspecified atom stereocenters. The molecule has 5 nitrogen and oxygen atoms in total. The number of hydrogen-bond acceptors (Lipinski definition) is 5. The highest BCUT2D eigenvalue weighted by molar-refractivity contribution is 6.35. The summed E-state index contributed by atoms with van der Waals surface area (Å²) < 4.78 is 6.29. The van der Waals surface area contributed by atoms with Crippen molar-refractivity contribution in [2.45, 2.75) is 18.4 Å². The van der Waals surface area contributed by atoms with Gasteiger partial charge in [-0.1, -0.05) is 23.7 Å². The minimum absolute atomic E-state index is 0.132. The zero-order valence-corrected chi connectivity index (χ0v) is 14.1. The van der Waals surface area contributed by atoms with Crippen molar-refractivity contribution in [3.05, 3.63) is 35.5 Å². The number of benzene rings is 1. The van der Waals surface area contributed by atoms with E-state index in [2.05, 4.69) is 20.2 Å². The highest BCUT2D eigenvalue weighted by Crippen LogP contribution is 2.40. The lowest BCUT2D eigenvalue weighted by atomic mass is 9.75. The number of nitrogens with one attached hydrogen (secondary N) is 1. The third kappa shape index (κ3) is 2.26. The SMILES string of the molecule is Clc1cccc2cnc(NC3=NCC4(CN5CCC4CC5)O3)cc12. The van der Waals surface area contributed by atoms with Crippen LogP contribution < -0.4 is 5.32 Å². The lowest BCUT2D eigenvalue weighted by Gasteiger charge is -2.50. The van der Waals surface area contributed by atoms with Crippen LogP contribution >= 0.6 is 11.6 Å². The molecule has 3 fully saturated rings. The van der Waals surface area contributed by atoms with Gasteiger partial charge in [0.05, 0.1) is 6.54 Å². The van der Waals surface area contributed by atoms with Gasteiger partial charge >= 0.3 is 0 Å². The topological polar surface area (TPSA) is 49.8 Å². The molecular weight excluding hydrogens is 324 g/mol. The van der Waals surface area contributed by atoms with E-state index in [1.807, 2.05) is 30.5 Å². The molecule has 0 radical (unpaired) electrons. The van der Waals surface area contributed by atoms with Gasteiger partial charge in [0, 0.05) is 34.5 Å². The van der Waals surface area contributed by atoms with Crippen LogP contribution in [0.25, 0.3) is 10.8 Å².